The Hall–Kier alpha value is -2.07. The first-order chi connectivity index (χ1) is 11.0. The summed E-state index contributed by atoms with van der Waals surface area (Å²) in [6, 6.07) is 13.2. The molecule has 2 aromatic carbocycles. The van der Waals surface area contributed by atoms with Crippen LogP contribution < -0.4 is 5.32 Å². The van der Waals surface area contributed by atoms with E-state index in [1.54, 1.807) is 6.07 Å². The Morgan fingerprint density at radius 1 is 0.913 bits per heavy atom. The molecule has 0 bridgehead atoms. The maximum absolute atomic E-state index is 13.1. The van der Waals surface area contributed by atoms with Crippen LogP contribution in [0.3, 0.4) is 0 Å². The normalized spacial score (nSPS) is 15.5. The molecule has 0 spiro atoms. The van der Waals surface area contributed by atoms with Crippen molar-refractivity contribution in [2.24, 2.45) is 0 Å². The van der Waals surface area contributed by atoms with Gasteiger partial charge in [0, 0.05) is 0 Å². The zero-order chi connectivity index (χ0) is 16.3. The van der Waals surface area contributed by atoms with E-state index in [4.69, 9.17) is 0 Å². The zero-order valence-electron chi connectivity index (χ0n) is 12.7. The Bertz CT molecular complexity index is 694. The molecular formula is C19H18F3N. The molecule has 1 N–H and O–H groups in total. The SMILES string of the molecule is FC(F)(F)c1ccc(C=C2CCNCC2)c(-c2ccccc2)c1. The van der Waals surface area contributed by atoms with Gasteiger partial charge < -0.3 is 5.32 Å². The molecule has 0 atom stereocenters. The van der Waals surface area contributed by atoms with E-state index in [0.29, 0.717) is 5.56 Å². The van der Waals surface area contributed by atoms with Crippen molar-refractivity contribution in [3.05, 3.63) is 65.2 Å². The number of piperidine rings is 1. The smallest absolute Gasteiger partial charge is 0.316 e. The topological polar surface area (TPSA) is 12.0 Å². The van der Waals surface area contributed by atoms with Crippen molar-refractivity contribution in [1.82, 2.24) is 5.32 Å². The second kappa shape index (κ2) is 6.59. The molecule has 1 heterocycles. The number of benzene rings is 2. The van der Waals surface area contributed by atoms with E-state index in [1.165, 1.54) is 17.7 Å². The van der Waals surface area contributed by atoms with Crippen LogP contribution in [0.2, 0.25) is 0 Å². The molecule has 1 aliphatic heterocycles. The van der Waals surface area contributed by atoms with Crippen LogP contribution in [0.4, 0.5) is 13.2 Å². The largest absolute Gasteiger partial charge is 0.416 e. The molecule has 0 unspecified atom stereocenters. The van der Waals surface area contributed by atoms with Gasteiger partial charge in [0.05, 0.1) is 5.56 Å². The molecular weight excluding hydrogens is 299 g/mol. The molecule has 0 saturated carbocycles. The van der Waals surface area contributed by atoms with Gasteiger partial charge in [-0.25, -0.2) is 0 Å². The highest BCUT2D eigenvalue weighted by Gasteiger charge is 2.31. The molecule has 0 radical (unpaired) electrons. The second-order valence-electron chi connectivity index (χ2n) is 5.72. The van der Waals surface area contributed by atoms with E-state index in [-0.39, 0.29) is 0 Å². The van der Waals surface area contributed by atoms with Crippen molar-refractivity contribution in [2.75, 3.05) is 13.1 Å². The molecule has 1 aliphatic rings. The molecule has 0 aliphatic carbocycles. The van der Waals surface area contributed by atoms with Crippen molar-refractivity contribution in [3.63, 3.8) is 0 Å². The van der Waals surface area contributed by atoms with Crippen molar-refractivity contribution in [2.45, 2.75) is 19.0 Å². The van der Waals surface area contributed by atoms with Gasteiger partial charge in [0.2, 0.25) is 0 Å². The van der Waals surface area contributed by atoms with Crippen LogP contribution in [0.25, 0.3) is 17.2 Å². The van der Waals surface area contributed by atoms with E-state index >= 15 is 0 Å². The monoisotopic (exact) mass is 317 g/mol. The van der Waals surface area contributed by atoms with Crippen molar-refractivity contribution in [1.29, 1.82) is 0 Å². The average molecular weight is 317 g/mol. The summed E-state index contributed by atoms with van der Waals surface area (Å²) in [5, 5.41) is 3.29. The van der Waals surface area contributed by atoms with Gasteiger partial charge in [0.25, 0.3) is 0 Å². The summed E-state index contributed by atoms with van der Waals surface area (Å²) in [4.78, 5) is 0. The minimum atomic E-state index is -4.33. The van der Waals surface area contributed by atoms with E-state index in [9.17, 15) is 13.2 Å². The summed E-state index contributed by atoms with van der Waals surface area (Å²) in [6.45, 7) is 1.85. The van der Waals surface area contributed by atoms with E-state index in [1.807, 2.05) is 36.4 Å². The third kappa shape index (κ3) is 3.82. The van der Waals surface area contributed by atoms with Gasteiger partial charge in [-0.2, -0.15) is 13.2 Å². The molecule has 23 heavy (non-hydrogen) atoms. The molecule has 3 rings (SSSR count). The van der Waals surface area contributed by atoms with Crippen LogP contribution in [-0.4, -0.2) is 13.1 Å². The van der Waals surface area contributed by atoms with E-state index in [0.717, 1.165) is 37.1 Å². The molecule has 0 aromatic heterocycles. The fourth-order valence-electron chi connectivity index (χ4n) is 2.84. The molecule has 1 fully saturated rings. The fourth-order valence-corrected chi connectivity index (χ4v) is 2.84. The number of halogens is 3. The van der Waals surface area contributed by atoms with Crippen LogP contribution in [0.5, 0.6) is 0 Å². The number of rotatable bonds is 2. The third-order valence-electron chi connectivity index (χ3n) is 4.07. The first-order valence-corrected chi connectivity index (χ1v) is 7.71. The summed E-state index contributed by atoms with van der Waals surface area (Å²) in [6.07, 6.45) is -0.405. The molecule has 120 valence electrons. The van der Waals surface area contributed by atoms with Crippen LogP contribution in [0.1, 0.15) is 24.0 Å². The Morgan fingerprint density at radius 2 is 1.61 bits per heavy atom. The van der Waals surface area contributed by atoms with Crippen LogP contribution in [-0.2, 0) is 6.18 Å². The highest BCUT2D eigenvalue weighted by molar-refractivity contribution is 5.76. The van der Waals surface area contributed by atoms with E-state index in [2.05, 4.69) is 5.32 Å². The Balaban J connectivity index is 2.08. The Kier molecular flexibility index (Phi) is 4.53. The van der Waals surface area contributed by atoms with Crippen molar-refractivity contribution in [3.8, 4) is 11.1 Å². The van der Waals surface area contributed by atoms with E-state index < -0.39 is 11.7 Å². The van der Waals surface area contributed by atoms with Crippen molar-refractivity contribution < 1.29 is 13.2 Å². The molecule has 0 amide bonds. The lowest BCUT2D eigenvalue weighted by molar-refractivity contribution is -0.137. The number of hydrogen-bond acceptors (Lipinski definition) is 1. The van der Waals surface area contributed by atoms with Gasteiger partial charge in [-0.05, 0) is 54.8 Å². The molecule has 1 nitrogen and oxygen atoms in total. The van der Waals surface area contributed by atoms with Crippen LogP contribution >= 0.6 is 0 Å². The minimum Gasteiger partial charge on any atom is -0.316 e. The summed E-state index contributed by atoms with van der Waals surface area (Å²) in [7, 11) is 0. The highest BCUT2D eigenvalue weighted by atomic mass is 19.4. The van der Waals surface area contributed by atoms with Crippen LogP contribution in [0, 0.1) is 0 Å². The predicted octanol–water partition coefficient (Wildman–Crippen LogP) is 5.14. The molecule has 4 heteroatoms. The molecule has 2 aromatic rings. The van der Waals surface area contributed by atoms with Gasteiger partial charge in [-0.3, -0.25) is 0 Å². The van der Waals surface area contributed by atoms with Crippen molar-refractivity contribution >= 4 is 6.08 Å². The number of nitrogens with one attached hydrogen (secondary N) is 1. The summed E-state index contributed by atoms with van der Waals surface area (Å²) >= 11 is 0. The van der Waals surface area contributed by atoms with Gasteiger partial charge in [-0.1, -0.05) is 48.0 Å². The average Bonchev–Trinajstić information content (AvgIpc) is 2.56. The fraction of sp³-hybridized carbons (Fsp3) is 0.263. The first kappa shape index (κ1) is 15.8. The van der Waals surface area contributed by atoms with Gasteiger partial charge in [0.15, 0.2) is 0 Å². The van der Waals surface area contributed by atoms with Crippen LogP contribution in [0.15, 0.2) is 54.1 Å². The zero-order valence-corrected chi connectivity index (χ0v) is 12.7. The maximum Gasteiger partial charge on any atom is 0.416 e. The Labute approximate surface area is 133 Å². The number of hydrogen-bond donors (Lipinski definition) is 1. The van der Waals surface area contributed by atoms with Gasteiger partial charge in [-0.15, -0.1) is 0 Å². The molecule has 1 saturated heterocycles. The van der Waals surface area contributed by atoms with Gasteiger partial charge in [0.1, 0.15) is 0 Å². The standard InChI is InChI=1S/C19H18F3N/c20-19(21,22)17-7-6-16(12-14-8-10-23-11-9-14)18(13-17)15-4-2-1-3-5-15/h1-7,12-13,23H,8-11H2. The third-order valence-corrected chi connectivity index (χ3v) is 4.07. The Morgan fingerprint density at radius 3 is 2.26 bits per heavy atom. The lowest BCUT2D eigenvalue weighted by atomic mass is 9.94. The summed E-state index contributed by atoms with van der Waals surface area (Å²) in [5.41, 5.74) is 2.96. The first-order valence-electron chi connectivity index (χ1n) is 7.71. The lowest BCUT2D eigenvalue weighted by Crippen LogP contribution is -2.22. The quantitative estimate of drug-likeness (QED) is 0.809. The predicted molar refractivity (Wildman–Crippen MR) is 87.0 cm³/mol. The summed E-state index contributed by atoms with van der Waals surface area (Å²) < 4.78 is 39.2. The highest BCUT2D eigenvalue weighted by Crippen LogP contribution is 2.35. The second-order valence-corrected chi connectivity index (χ2v) is 5.72. The lowest BCUT2D eigenvalue weighted by Gasteiger charge is -2.17. The number of alkyl halides is 3. The summed E-state index contributed by atoms with van der Waals surface area (Å²) in [5.74, 6) is 0. The maximum atomic E-state index is 13.1. The minimum absolute atomic E-state index is 0.608. The van der Waals surface area contributed by atoms with Gasteiger partial charge >= 0.3 is 6.18 Å².